The summed E-state index contributed by atoms with van der Waals surface area (Å²) in [5, 5.41) is 12.2. The van der Waals surface area contributed by atoms with Gasteiger partial charge in [-0.2, -0.15) is 0 Å². The average molecular weight is 394 g/mol. The van der Waals surface area contributed by atoms with Gasteiger partial charge in [-0.1, -0.05) is 28.1 Å². The van der Waals surface area contributed by atoms with E-state index in [-0.39, 0.29) is 5.56 Å². The van der Waals surface area contributed by atoms with Crippen molar-refractivity contribution in [1.82, 2.24) is 5.32 Å². The summed E-state index contributed by atoms with van der Waals surface area (Å²) in [5.74, 6) is 0.488. The Labute approximate surface area is 149 Å². The van der Waals surface area contributed by atoms with E-state index in [1.165, 1.54) is 0 Å². The van der Waals surface area contributed by atoms with E-state index in [0.29, 0.717) is 31.2 Å². The summed E-state index contributed by atoms with van der Waals surface area (Å²) < 4.78 is 11.9. The lowest BCUT2D eigenvalue weighted by Gasteiger charge is -2.13. The van der Waals surface area contributed by atoms with Crippen molar-refractivity contribution in [2.45, 2.75) is 20.0 Å². The van der Waals surface area contributed by atoms with Crippen LogP contribution in [-0.2, 0) is 13.1 Å². The number of aromatic carboxylic acids is 1. The molecule has 2 rings (SSSR count). The second-order valence-corrected chi connectivity index (χ2v) is 5.99. The molecular weight excluding hydrogens is 374 g/mol. The van der Waals surface area contributed by atoms with E-state index in [0.717, 1.165) is 15.6 Å². The second-order valence-electron chi connectivity index (χ2n) is 5.13. The number of halogens is 1. The third kappa shape index (κ3) is 4.72. The molecule has 0 fully saturated rings. The molecule has 0 spiro atoms. The number of nitrogens with one attached hydrogen (secondary N) is 1. The first-order valence-corrected chi connectivity index (χ1v) is 8.36. The summed E-state index contributed by atoms with van der Waals surface area (Å²) in [4.78, 5) is 10.8. The smallest absolute Gasteiger partial charge is 0.335 e. The van der Waals surface area contributed by atoms with Gasteiger partial charge in [0.2, 0.25) is 0 Å². The first kappa shape index (κ1) is 18.3. The Morgan fingerprint density at radius 1 is 1.17 bits per heavy atom. The molecule has 2 N–H and O–H groups in total. The fourth-order valence-corrected chi connectivity index (χ4v) is 2.71. The molecule has 0 unspecified atom stereocenters. The summed E-state index contributed by atoms with van der Waals surface area (Å²) in [6.07, 6.45) is 0. The van der Waals surface area contributed by atoms with Crippen LogP contribution in [0.15, 0.2) is 40.9 Å². The maximum atomic E-state index is 10.8. The molecular formula is C18H20BrNO4. The molecule has 24 heavy (non-hydrogen) atoms. The number of methoxy groups -OCH3 is 1. The van der Waals surface area contributed by atoms with Crippen LogP contribution >= 0.6 is 15.9 Å². The lowest BCUT2D eigenvalue weighted by molar-refractivity contribution is 0.0697. The molecule has 0 saturated heterocycles. The Balaban J connectivity index is 2.00. The molecule has 0 saturated carbocycles. The van der Waals surface area contributed by atoms with E-state index in [2.05, 4.69) is 21.2 Å². The molecule has 0 atom stereocenters. The van der Waals surface area contributed by atoms with Gasteiger partial charge >= 0.3 is 5.97 Å². The number of hydrogen-bond donors (Lipinski definition) is 2. The van der Waals surface area contributed by atoms with Crippen molar-refractivity contribution in [2.75, 3.05) is 13.7 Å². The van der Waals surface area contributed by atoms with E-state index in [4.69, 9.17) is 14.6 Å². The molecule has 0 radical (unpaired) electrons. The van der Waals surface area contributed by atoms with E-state index < -0.39 is 5.97 Å². The maximum Gasteiger partial charge on any atom is 0.335 e. The van der Waals surface area contributed by atoms with Crippen molar-refractivity contribution in [3.8, 4) is 11.5 Å². The maximum absolute atomic E-state index is 10.8. The highest BCUT2D eigenvalue weighted by atomic mass is 79.9. The van der Waals surface area contributed by atoms with Crippen LogP contribution in [0, 0.1) is 0 Å². The van der Waals surface area contributed by atoms with Gasteiger partial charge in [-0.3, -0.25) is 0 Å². The summed E-state index contributed by atoms with van der Waals surface area (Å²) in [6.45, 7) is 3.79. The fourth-order valence-electron chi connectivity index (χ4n) is 2.25. The van der Waals surface area contributed by atoms with Gasteiger partial charge in [-0.05, 0) is 42.3 Å². The van der Waals surface area contributed by atoms with Gasteiger partial charge in [-0.25, -0.2) is 4.79 Å². The number of ether oxygens (including phenoxy) is 2. The molecule has 128 valence electrons. The predicted octanol–water partition coefficient (Wildman–Crippen LogP) is 3.84. The first-order chi connectivity index (χ1) is 11.5. The monoisotopic (exact) mass is 393 g/mol. The van der Waals surface area contributed by atoms with Crippen LogP contribution in [0.25, 0.3) is 0 Å². The normalized spacial score (nSPS) is 10.5. The Morgan fingerprint density at radius 2 is 1.88 bits per heavy atom. The zero-order chi connectivity index (χ0) is 17.5. The highest BCUT2D eigenvalue weighted by Crippen LogP contribution is 2.33. The zero-order valence-corrected chi connectivity index (χ0v) is 15.2. The molecule has 5 nitrogen and oxygen atoms in total. The Kier molecular flexibility index (Phi) is 6.63. The van der Waals surface area contributed by atoms with Crippen LogP contribution in [0.2, 0.25) is 0 Å². The highest BCUT2D eigenvalue weighted by molar-refractivity contribution is 9.10. The van der Waals surface area contributed by atoms with Gasteiger partial charge in [-0.15, -0.1) is 0 Å². The molecule has 6 heteroatoms. The molecule has 0 heterocycles. The van der Waals surface area contributed by atoms with Crippen LogP contribution in [0.3, 0.4) is 0 Å². The van der Waals surface area contributed by atoms with E-state index in [9.17, 15) is 4.79 Å². The Hall–Kier alpha value is -2.05. The van der Waals surface area contributed by atoms with Crippen LogP contribution < -0.4 is 14.8 Å². The van der Waals surface area contributed by atoms with Gasteiger partial charge in [0.15, 0.2) is 11.5 Å². The lowest BCUT2D eigenvalue weighted by atomic mass is 10.1. The molecule has 0 amide bonds. The van der Waals surface area contributed by atoms with Crippen molar-refractivity contribution >= 4 is 21.9 Å². The minimum Gasteiger partial charge on any atom is -0.493 e. The van der Waals surface area contributed by atoms with Crippen molar-refractivity contribution in [3.05, 3.63) is 57.6 Å². The molecule has 0 aliphatic carbocycles. The number of hydrogen-bond acceptors (Lipinski definition) is 4. The summed E-state index contributed by atoms with van der Waals surface area (Å²) in [6, 6.07) is 10.7. The number of carboxylic acids is 1. The van der Waals surface area contributed by atoms with Gasteiger partial charge in [0.25, 0.3) is 0 Å². The van der Waals surface area contributed by atoms with E-state index in [1.54, 1.807) is 19.2 Å². The van der Waals surface area contributed by atoms with Crippen molar-refractivity contribution < 1.29 is 19.4 Å². The first-order valence-electron chi connectivity index (χ1n) is 7.57. The average Bonchev–Trinajstić information content (AvgIpc) is 2.57. The number of carboxylic acid groups (broad SMARTS) is 1. The lowest BCUT2D eigenvalue weighted by Crippen LogP contribution is -2.13. The minimum atomic E-state index is -0.917. The number of benzene rings is 2. The molecule has 0 aliphatic rings. The van der Waals surface area contributed by atoms with E-state index in [1.807, 2.05) is 31.2 Å². The van der Waals surface area contributed by atoms with Gasteiger partial charge < -0.3 is 19.9 Å². The number of carbonyl (C=O) groups is 1. The van der Waals surface area contributed by atoms with Crippen molar-refractivity contribution in [1.29, 1.82) is 0 Å². The third-order valence-corrected chi connectivity index (χ3v) is 4.22. The molecule has 0 aromatic heterocycles. The molecule has 0 aliphatic heterocycles. The molecule has 0 bridgehead atoms. The van der Waals surface area contributed by atoms with Gasteiger partial charge in [0, 0.05) is 17.6 Å². The third-order valence-electron chi connectivity index (χ3n) is 3.48. The quantitative estimate of drug-likeness (QED) is 0.712. The fraction of sp³-hybridized carbons (Fsp3) is 0.278. The Bertz CT molecular complexity index is 701. The molecule has 2 aromatic rings. The summed E-state index contributed by atoms with van der Waals surface area (Å²) in [5.41, 5.74) is 2.37. The Morgan fingerprint density at radius 3 is 2.46 bits per heavy atom. The van der Waals surface area contributed by atoms with Crippen molar-refractivity contribution in [2.24, 2.45) is 0 Å². The van der Waals surface area contributed by atoms with Crippen LogP contribution in [0.5, 0.6) is 11.5 Å². The van der Waals surface area contributed by atoms with Crippen molar-refractivity contribution in [3.63, 3.8) is 0 Å². The van der Waals surface area contributed by atoms with E-state index >= 15 is 0 Å². The summed E-state index contributed by atoms with van der Waals surface area (Å²) in [7, 11) is 1.62. The standard InChI is InChI=1S/C18H20BrNO4/c1-3-24-17-9-15(19)14(8-16(17)23-2)11-20-10-12-4-6-13(7-5-12)18(21)22/h4-9,20H,3,10-11H2,1-2H3,(H,21,22). The highest BCUT2D eigenvalue weighted by Gasteiger charge is 2.10. The topological polar surface area (TPSA) is 67.8 Å². The van der Waals surface area contributed by atoms with Crippen LogP contribution in [-0.4, -0.2) is 24.8 Å². The van der Waals surface area contributed by atoms with Gasteiger partial charge in [0.1, 0.15) is 0 Å². The minimum absolute atomic E-state index is 0.290. The predicted molar refractivity (Wildman–Crippen MR) is 95.8 cm³/mol. The van der Waals surface area contributed by atoms with Crippen LogP contribution in [0.4, 0.5) is 0 Å². The number of rotatable bonds is 8. The van der Waals surface area contributed by atoms with Gasteiger partial charge in [0.05, 0.1) is 19.3 Å². The largest absolute Gasteiger partial charge is 0.493 e. The second kappa shape index (κ2) is 8.70. The van der Waals surface area contributed by atoms with Crippen LogP contribution in [0.1, 0.15) is 28.4 Å². The molecule has 2 aromatic carbocycles. The zero-order valence-electron chi connectivity index (χ0n) is 13.6. The SMILES string of the molecule is CCOc1cc(Br)c(CNCc2ccc(C(=O)O)cc2)cc1OC. The summed E-state index contributed by atoms with van der Waals surface area (Å²) >= 11 is 3.55.